The van der Waals surface area contributed by atoms with Gasteiger partial charge in [0.2, 0.25) is 0 Å². The van der Waals surface area contributed by atoms with Crippen molar-refractivity contribution < 1.29 is 14.3 Å². The summed E-state index contributed by atoms with van der Waals surface area (Å²) in [5.74, 6) is 0.999. The van der Waals surface area contributed by atoms with Gasteiger partial charge in [-0.3, -0.25) is 4.79 Å². The molecule has 21 heavy (non-hydrogen) atoms. The molecule has 1 aromatic heterocycles. The molecule has 112 valence electrons. The van der Waals surface area contributed by atoms with Crippen molar-refractivity contribution in [1.82, 2.24) is 10.3 Å². The lowest BCUT2D eigenvalue weighted by atomic mass is 10.1. The number of benzene rings is 1. The molecule has 2 aromatic rings. The fourth-order valence-corrected chi connectivity index (χ4v) is 2.22. The maximum absolute atomic E-state index is 12.2. The molecule has 1 heterocycles. The molecule has 5 heteroatoms. The third-order valence-corrected chi connectivity index (χ3v) is 3.34. The second kappa shape index (κ2) is 6.35. The summed E-state index contributed by atoms with van der Waals surface area (Å²) in [6, 6.07) is 7.14. The SMILES string of the molecule is COc1ccc(C(=O)NCc2cc(C)[nH]c2C)cc1OC. The largest absolute Gasteiger partial charge is 0.493 e. The first-order valence-corrected chi connectivity index (χ1v) is 6.70. The fourth-order valence-electron chi connectivity index (χ4n) is 2.22. The van der Waals surface area contributed by atoms with Gasteiger partial charge in [-0.15, -0.1) is 0 Å². The van der Waals surface area contributed by atoms with E-state index in [0.717, 1.165) is 17.0 Å². The van der Waals surface area contributed by atoms with Crippen molar-refractivity contribution in [2.45, 2.75) is 20.4 Å². The van der Waals surface area contributed by atoms with Crippen LogP contribution in [0.2, 0.25) is 0 Å². The molecule has 0 bridgehead atoms. The molecular formula is C16H20N2O3. The Balaban J connectivity index is 2.08. The highest BCUT2D eigenvalue weighted by Gasteiger charge is 2.11. The summed E-state index contributed by atoms with van der Waals surface area (Å²) >= 11 is 0. The summed E-state index contributed by atoms with van der Waals surface area (Å²) < 4.78 is 10.4. The molecular weight excluding hydrogens is 268 g/mol. The predicted molar refractivity (Wildman–Crippen MR) is 81.0 cm³/mol. The molecule has 0 spiro atoms. The van der Waals surface area contributed by atoms with Gasteiger partial charge in [0.05, 0.1) is 14.2 Å². The number of carbonyl (C=O) groups excluding carboxylic acids is 1. The number of methoxy groups -OCH3 is 2. The van der Waals surface area contributed by atoms with Crippen molar-refractivity contribution in [3.63, 3.8) is 0 Å². The van der Waals surface area contributed by atoms with Gasteiger partial charge in [-0.1, -0.05) is 0 Å². The maximum Gasteiger partial charge on any atom is 0.251 e. The van der Waals surface area contributed by atoms with Crippen molar-refractivity contribution >= 4 is 5.91 Å². The molecule has 2 rings (SSSR count). The zero-order chi connectivity index (χ0) is 15.4. The van der Waals surface area contributed by atoms with E-state index in [-0.39, 0.29) is 5.91 Å². The molecule has 0 saturated carbocycles. The lowest BCUT2D eigenvalue weighted by molar-refractivity contribution is 0.0950. The summed E-state index contributed by atoms with van der Waals surface area (Å²) in [7, 11) is 3.11. The number of amides is 1. The van der Waals surface area contributed by atoms with Crippen LogP contribution < -0.4 is 14.8 Å². The van der Waals surface area contributed by atoms with Gasteiger partial charge in [0, 0.05) is 23.5 Å². The first-order chi connectivity index (χ1) is 10.0. The fraction of sp³-hybridized carbons (Fsp3) is 0.312. The molecule has 0 saturated heterocycles. The summed E-state index contributed by atoms with van der Waals surface area (Å²) in [5, 5.41) is 2.90. The van der Waals surface area contributed by atoms with Gasteiger partial charge in [0.25, 0.3) is 5.91 Å². The second-order valence-corrected chi connectivity index (χ2v) is 4.86. The lowest BCUT2D eigenvalue weighted by Crippen LogP contribution is -2.23. The molecule has 0 atom stereocenters. The lowest BCUT2D eigenvalue weighted by Gasteiger charge is -2.10. The van der Waals surface area contributed by atoms with Crippen LogP contribution in [0.4, 0.5) is 0 Å². The van der Waals surface area contributed by atoms with Crippen molar-refractivity contribution in [3.05, 3.63) is 46.8 Å². The molecule has 0 aliphatic rings. The Morgan fingerprint density at radius 2 is 1.86 bits per heavy atom. The van der Waals surface area contributed by atoms with Crippen LogP contribution in [0, 0.1) is 13.8 Å². The molecule has 0 unspecified atom stereocenters. The van der Waals surface area contributed by atoms with E-state index in [9.17, 15) is 4.79 Å². The van der Waals surface area contributed by atoms with Crippen molar-refractivity contribution in [2.24, 2.45) is 0 Å². The van der Waals surface area contributed by atoms with Crippen LogP contribution in [-0.2, 0) is 6.54 Å². The number of ether oxygens (including phenoxy) is 2. The average molecular weight is 288 g/mol. The number of aryl methyl sites for hydroxylation is 2. The van der Waals surface area contributed by atoms with E-state index in [1.807, 2.05) is 19.9 Å². The Kier molecular flexibility index (Phi) is 4.52. The summed E-state index contributed by atoms with van der Waals surface area (Å²) in [4.78, 5) is 15.4. The Labute approximate surface area is 124 Å². The van der Waals surface area contributed by atoms with Crippen LogP contribution in [0.3, 0.4) is 0 Å². The van der Waals surface area contributed by atoms with E-state index in [0.29, 0.717) is 23.6 Å². The van der Waals surface area contributed by atoms with Gasteiger partial charge >= 0.3 is 0 Å². The number of hydrogen-bond donors (Lipinski definition) is 2. The first kappa shape index (κ1) is 15.0. The average Bonchev–Trinajstić information content (AvgIpc) is 2.81. The molecule has 1 aromatic carbocycles. The van der Waals surface area contributed by atoms with E-state index in [1.165, 1.54) is 0 Å². The normalized spacial score (nSPS) is 10.3. The smallest absolute Gasteiger partial charge is 0.251 e. The number of hydrogen-bond acceptors (Lipinski definition) is 3. The number of rotatable bonds is 5. The zero-order valence-electron chi connectivity index (χ0n) is 12.7. The molecule has 0 radical (unpaired) electrons. The first-order valence-electron chi connectivity index (χ1n) is 6.70. The highest BCUT2D eigenvalue weighted by molar-refractivity contribution is 5.94. The van der Waals surface area contributed by atoms with Crippen LogP contribution >= 0.6 is 0 Å². The number of aromatic amines is 1. The summed E-state index contributed by atoms with van der Waals surface area (Å²) in [6.07, 6.45) is 0. The van der Waals surface area contributed by atoms with Gasteiger partial charge < -0.3 is 19.8 Å². The Morgan fingerprint density at radius 1 is 1.14 bits per heavy atom. The van der Waals surface area contributed by atoms with Crippen LogP contribution in [-0.4, -0.2) is 25.1 Å². The van der Waals surface area contributed by atoms with Gasteiger partial charge in [-0.25, -0.2) is 0 Å². The molecule has 0 aliphatic heterocycles. The zero-order valence-corrected chi connectivity index (χ0v) is 12.7. The van der Waals surface area contributed by atoms with Crippen LogP contribution in [0.1, 0.15) is 27.3 Å². The molecule has 0 aliphatic carbocycles. The van der Waals surface area contributed by atoms with Crippen LogP contribution in [0.25, 0.3) is 0 Å². The standard InChI is InChI=1S/C16H20N2O3/c1-10-7-13(11(2)18-10)9-17-16(19)12-5-6-14(20-3)15(8-12)21-4/h5-8,18H,9H2,1-4H3,(H,17,19). The van der Waals surface area contributed by atoms with Gasteiger partial charge in [0.1, 0.15) is 0 Å². The minimum atomic E-state index is -0.144. The second-order valence-electron chi connectivity index (χ2n) is 4.86. The Bertz CT molecular complexity index is 647. The molecule has 5 nitrogen and oxygen atoms in total. The quantitative estimate of drug-likeness (QED) is 0.889. The van der Waals surface area contributed by atoms with E-state index in [1.54, 1.807) is 32.4 Å². The molecule has 0 fully saturated rings. The Morgan fingerprint density at radius 3 is 2.43 bits per heavy atom. The van der Waals surface area contributed by atoms with Crippen molar-refractivity contribution in [1.29, 1.82) is 0 Å². The van der Waals surface area contributed by atoms with Crippen molar-refractivity contribution in [3.8, 4) is 11.5 Å². The molecule has 1 amide bonds. The monoisotopic (exact) mass is 288 g/mol. The highest BCUT2D eigenvalue weighted by Crippen LogP contribution is 2.27. The van der Waals surface area contributed by atoms with Crippen LogP contribution in [0.5, 0.6) is 11.5 Å². The minimum Gasteiger partial charge on any atom is -0.493 e. The highest BCUT2D eigenvalue weighted by atomic mass is 16.5. The van der Waals surface area contributed by atoms with E-state index in [4.69, 9.17) is 9.47 Å². The van der Waals surface area contributed by atoms with E-state index >= 15 is 0 Å². The van der Waals surface area contributed by atoms with Gasteiger partial charge in [-0.2, -0.15) is 0 Å². The number of H-pyrrole nitrogens is 1. The number of nitrogens with one attached hydrogen (secondary N) is 2. The Hall–Kier alpha value is -2.43. The van der Waals surface area contributed by atoms with Crippen molar-refractivity contribution in [2.75, 3.05) is 14.2 Å². The maximum atomic E-state index is 12.2. The topological polar surface area (TPSA) is 63.3 Å². The van der Waals surface area contributed by atoms with Gasteiger partial charge in [0.15, 0.2) is 11.5 Å². The van der Waals surface area contributed by atoms with Gasteiger partial charge in [-0.05, 0) is 43.7 Å². The van der Waals surface area contributed by atoms with E-state index in [2.05, 4.69) is 10.3 Å². The van der Waals surface area contributed by atoms with Crippen LogP contribution in [0.15, 0.2) is 24.3 Å². The summed E-state index contributed by atoms with van der Waals surface area (Å²) in [6.45, 7) is 4.47. The number of aromatic nitrogens is 1. The predicted octanol–water partition coefficient (Wildman–Crippen LogP) is 2.58. The number of carbonyl (C=O) groups is 1. The summed E-state index contributed by atoms with van der Waals surface area (Å²) in [5.41, 5.74) is 3.78. The minimum absolute atomic E-state index is 0.144. The third kappa shape index (κ3) is 3.37. The molecule has 2 N–H and O–H groups in total. The third-order valence-electron chi connectivity index (χ3n) is 3.34. The van der Waals surface area contributed by atoms with E-state index < -0.39 is 0 Å².